The van der Waals surface area contributed by atoms with E-state index >= 15 is 0 Å². The maximum absolute atomic E-state index is 13.2. The van der Waals surface area contributed by atoms with Crippen LogP contribution in [-0.4, -0.2) is 17.1 Å². The zero-order valence-corrected chi connectivity index (χ0v) is 8.27. The second-order valence-corrected chi connectivity index (χ2v) is 3.37. The van der Waals surface area contributed by atoms with Crippen LogP contribution in [0.3, 0.4) is 0 Å². The van der Waals surface area contributed by atoms with Gasteiger partial charge in [0, 0.05) is 17.4 Å². The number of rotatable bonds is 4. The standard InChI is InChI=1S/C9H11F2N3O2/c10-6-2-1-5(7(11)4-6)3-8(9(12)13)14(15)16/h1-2,4,8-9H,3,12-13H2. The van der Waals surface area contributed by atoms with Crippen molar-refractivity contribution in [3.05, 3.63) is 45.5 Å². The van der Waals surface area contributed by atoms with E-state index in [1.807, 2.05) is 0 Å². The molecule has 16 heavy (non-hydrogen) atoms. The molecule has 4 N–H and O–H groups in total. The number of halogens is 2. The topological polar surface area (TPSA) is 95.2 Å². The first-order chi connectivity index (χ1) is 7.41. The van der Waals surface area contributed by atoms with Gasteiger partial charge in [-0.25, -0.2) is 8.78 Å². The lowest BCUT2D eigenvalue weighted by Crippen LogP contribution is -2.48. The molecule has 0 spiro atoms. The maximum Gasteiger partial charge on any atom is 0.244 e. The highest BCUT2D eigenvalue weighted by Gasteiger charge is 2.27. The van der Waals surface area contributed by atoms with Crippen LogP contribution >= 0.6 is 0 Å². The van der Waals surface area contributed by atoms with E-state index in [-0.39, 0.29) is 12.0 Å². The van der Waals surface area contributed by atoms with Crippen LogP contribution in [0.2, 0.25) is 0 Å². The van der Waals surface area contributed by atoms with E-state index in [0.29, 0.717) is 6.07 Å². The molecule has 1 unspecified atom stereocenters. The fourth-order valence-electron chi connectivity index (χ4n) is 1.26. The van der Waals surface area contributed by atoms with Crippen LogP contribution in [0.4, 0.5) is 8.78 Å². The van der Waals surface area contributed by atoms with Gasteiger partial charge >= 0.3 is 0 Å². The van der Waals surface area contributed by atoms with Crippen LogP contribution in [0.15, 0.2) is 18.2 Å². The van der Waals surface area contributed by atoms with Gasteiger partial charge in [-0.15, -0.1) is 0 Å². The van der Waals surface area contributed by atoms with E-state index in [0.717, 1.165) is 12.1 Å². The molecule has 0 saturated heterocycles. The van der Waals surface area contributed by atoms with E-state index in [1.54, 1.807) is 0 Å². The molecule has 0 aliphatic carbocycles. The van der Waals surface area contributed by atoms with Crippen LogP contribution in [0.25, 0.3) is 0 Å². The third kappa shape index (κ3) is 2.94. The summed E-state index contributed by atoms with van der Waals surface area (Å²) in [7, 11) is 0. The molecular weight excluding hydrogens is 220 g/mol. The Bertz CT molecular complexity index is 398. The molecule has 5 nitrogen and oxygen atoms in total. The zero-order chi connectivity index (χ0) is 12.3. The molecule has 0 bridgehead atoms. The van der Waals surface area contributed by atoms with Gasteiger partial charge in [0.05, 0.1) is 0 Å². The molecule has 1 aromatic rings. The average Bonchev–Trinajstić information content (AvgIpc) is 2.15. The molecule has 0 radical (unpaired) electrons. The van der Waals surface area contributed by atoms with Crippen molar-refractivity contribution >= 4 is 0 Å². The van der Waals surface area contributed by atoms with Gasteiger partial charge in [0.25, 0.3) is 0 Å². The molecule has 0 heterocycles. The Morgan fingerprint density at radius 2 is 2.00 bits per heavy atom. The van der Waals surface area contributed by atoms with Crippen molar-refractivity contribution in [2.75, 3.05) is 0 Å². The molecule has 88 valence electrons. The Morgan fingerprint density at radius 3 is 2.44 bits per heavy atom. The minimum Gasteiger partial charge on any atom is -0.310 e. The third-order valence-electron chi connectivity index (χ3n) is 2.16. The number of nitrogens with two attached hydrogens (primary N) is 2. The summed E-state index contributed by atoms with van der Waals surface area (Å²) in [5, 5.41) is 10.6. The quantitative estimate of drug-likeness (QED) is 0.445. The summed E-state index contributed by atoms with van der Waals surface area (Å²) in [5.74, 6) is -1.58. The molecule has 1 atom stereocenters. The normalized spacial score (nSPS) is 12.8. The van der Waals surface area contributed by atoms with E-state index < -0.39 is 28.8 Å². The number of hydrogen-bond acceptors (Lipinski definition) is 4. The Labute approximate surface area is 90.2 Å². The number of nitrogens with zero attached hydrogens (tertiary/aromatic N) is 1. The van der Waals surface area contributed by atoms with Crippen molar-refractivity contribution in [2.45, 2.75) is 18.6 Å². The maximum atomic E-state index is 13.2. The molecule has 0 aromatic heterocycles. The first kappa shape index (κ1) is 12.5. The van der Waals surface area contributed by atoms with Crippen molar-refractivity contribution in [3.63, 3.8) is 0 Å². The lowest BCUT2D eigenvalue weighted by molar-refractivity contribution is -0.525. The third-order valence-corrected chi connectivity index (χ3v) is 2.16. The molecule has 1 aromatic carbocycles. The van der Waals surface area contributed by atoms with Crippen LogP contribution in [-0.2, 0) is 6.42 Å². The van der Waals surface area contributed by atoms with Gasteiger partial charge in [-0.05, 0) is 11.6 Å². The summed E-state index contributed by atoms with van der Waals surface area (Å²) >= 11 is 0. The minimum absolute atomic E-state index is 0.0176. The molecule has 0 fully saturated rings. The van der Waals surface area contributed by atoms with E-state index in [4.69, 9.17) is 11.5 Å². The molecule has 0 saturated carbocycles. The first-order valence-corrected chi connectivity index (χ1v) is 4.50. The first-order valence-electron chi connectivity index (χ1n) is 4.50. The Hall–Kier alpha value is -1.60. The summed E-state index contributed by atoms with van der Waals surface area (Å²) < 4.78 is 25.8. The smallest absolute Gasteiger partial charge is 0.244 e. The predicted octanol–water partition coefficient (Wildman–Crippen LogP) is 0.396. The van der Waals surface area contributed by atoms with Crippen LogP contribution in [0, 0.1) is 21.7 Å². The van der Waals surface area contributed by atoms with Crippen molar-refractivity contribution in [2.24, 2.45) is 11.5 Å². The highest BCUT2D eigenvalue weighted by Crippen LogP contribution is 2.13. The van der Waals surface area contributed by atoms with Crippen LogP contribution in [0.5, 0.6) is 0 Å². The molecule has 0 aliphatic heterocycles. The molecular formula is C9H11F2N3O2. The Balaban J connectivity index is 2.90. The zero-order valence-electron chi connectivity index (χ0n) is 8.27. The van der Waals surface area contributed by atoms with Crippen LogP contribution in [0.1, 0.15) is 5.56 Å². The van der Waals surface area contributed by atoms with Crippen molar-refractivity contribution < 1.29 is 13.7 Å². The summed E-state index contributed by atoms with van der Waals surface area (Å²) in [4.78, 5) is 9.90. The fourth-order valence-corrected chi connectivity index (χ4v) is 1.26. The van der Waals surface area contributed by atoms with Gasteiger partial charge in [0.15, 0.2) is 0 Å². The van der Waals surface area contributed by atoms with Gasteiger partial charge in [-0.3, -0.25) is 10.1 Å². The Morgan fingerprint density at radius 1 is 1.38 bits per heavy atom. The summed E-state index contributed by atoms with van der Waals surface area (Å²) in [6.07, 6.45) is -1.46. The SMILES string of the molecule is NC(N)C(Cc1ccc(F)cc1F)[N+](=O)[O-]. The van der Waals surface area contributed by atoms with Gasteiger partial charge in [-0.2, -0.15) is 0 Å². The summed E-state index contributed by atoms with van der Waals surface area (Å²) in [6, 6.07) is 1.54. The monoisotopic (exact) mass is 231 g/mol. The second-order valence-electron chi connectivity index (χ2n) is 3.37. The van der Waals surface area contributed by atoms with Crippen LogP contribution < -0.4 is 11.5 Å². The van der Waals surface area contributed by atoms with Gasteiger partial charge < -0.3 is 11.5 Å². The fraction of sp³-hybridized carbons (Fsp3) is 0.333. The predicted molar refractivity (Wildman–Crippen MR) is 53.0 cm³/mol. The molecule has 0 amide bonds. The van der Waals surface area contributed by atoms with E-state index in [2.05, 4.69) is 0 Å². The van der Waals surface area contributed by atoms with E-state index in [1.165, 1.54) is 0 Å². The highest BCUT2D eigenvalue weighted by molar-refractivity contribution is 5.19. The van der Waals surface area contributed by atoms with Crippen molar-refractivity contribution in [1.29, 1.82) is 0 Å². The average molecular weight is 231 g/mol. The van der Waals surface area contributed by atoms with Crippen molar-refractivity contribution in [1.82, 2.24) is 0 Å². The van der Waals surface area contributed by atoms with Crippen molar-refractivity contribution in [3.8, 4) is 0 Å². The Kier molecular flexibility index (Phi) is 3.86. The van der Waals surface area contributed by atoms with Gasteiger partial charge in [0.1, 0.15) is 17.8 Å². The molecule has 7 heteroatoms. The summed E-state index contributed by atoms with van der Waals surface area (Å²) in [5.41, 5.74) is 10.4. The minimum atomic E-state index is -1.29. The highest BCUT2D eigenvalue weighted by atomic mass is 19.1. The number of benzene rings is 1. The van der Waals surface area contributed by atoms with Gasteiger partial charge in [-0.1, -0.05) is 6.07 Å². The lowest BCUT2D eigenvalue weighted by Gasteiger charge is -2.13. The number of nitro groups is 1. The lowest BCUT2D eigenvalue weighted by atomic mass is 10.0. The number of hydrogen-bond donors (Lipinski definition) is 2. The molecule has 1 rings (SSSR count). The second kappa shape index (κ2) is 4.95. The summed E-state index contributed by atoms with van der Waals surface area (Å²) in [6.45, 7) is 0. The van der Waals surface area contributed by atoms with E-state index in [9.17, 15) is 18.9 Å². The van der Waals surface area contributed by atoms with Gasteiger partial charge in [0.2, 0.25) is 6.04 Å². The largest absolute Gasteiger partial charge is 0.310 e. The molecule has 0 aliphatic rings.